The second-order valence-electron chi connectivity index (χ2n) is 2.12. The van der Waals surface area contributed by atoms with Crippen LogP contribution in [0.1, 0.15) is 15.2 Å². The number of alkyl halides is 1. The van der Waals surface area contributed by atoms with E-state index < -0.39 is 0 Å². The van der Waals surface area contributed by atoms with Crippen molar-refractivity contribution < 1.29 is 4.79 Å². The van der Waals surface area contributed by atoms with Gasteiger partial charge in [0.25, 0.3) is 0 Å². The Labute approximate surface area is 86.1 Å². The molecule has 0 spiro atoms. The normalized spacial score (nSPS) is 10.1. The average molecular weight is 298 g/mol. The largest absolute Gasteiger partial charge is 0.292 e. The molecule has 0 aliphatic carbocycles. The van der Waals surface area contributed by atoms with E-state index in [1.165, 1.54) is 11.3 Å². The number of Topliss-reactive ketones (excluding diaryl/α,β-unsaturated/α-hetero) is 1. The third kappa shape index (κ3) is 2.13. The highest BCUT2D eigenvalue weighted by Crippen LogP contribution is 2.27. The monoisotopic (exact) mass is 296 g/mol. The molecule has 0 bridgehead atoms. The predicted octanol–water partition coefficient (Wildman–Crippen LogP) is 3.40. The summed E-state index contributed by atoms with van der Waals surface area (Å²) in [5, 5.41) is 0.402. The smallest absolute Gasteiger partial charge is 0.183 e. The molecule has 4 heteroatoms. The van der Waals surface area contributed by atoms with E-state index in [9.17, 15) is 4.79 Å². The Kier molecular flexibility index (Phi) is 3.28. The van der Waals surface area contributed by atoms with Crippen LogP contribution in [0.15, 0.2) is 9.85 Å². The zero-order valence-electron chi connectivity index (χ0n) is 5.86. The van der Waals surface area contributed by atoms with E-state index in [0.29, 0.717) is 5.33 Å². The topological polar surface area (TPSA) is 17.1 Å². The minimum Gasteiger partial charge on any atom is -0.292 e. The maximum atomic E-state index is 11.1. The van der Waals surface area contributed by atoms with E-state index in [1.807, 2.05) is 13.0 Å². The highest BCUT2D eigenvalue weighted by molar-refractivity contribution is 9.11. The summed E-state index contributed by atoms with van der Waals surface area (Å²) in [5.41, 5.74) is 1.12. The highest BCUT2D eigenvalue weighted by atomic mass is 79.9. The van der Waals surface area contributed by atoms with Gasteiger partial charge in [0.2, 0.25) is 0 Å². The van der Waals surface area contributed by atoms with Gasteiger partial charge in [0.05, 0.1) is 14.0 Å². The molecule has 1 heterocycles. The Hall–Kier alpha value is 0.330. The Balaban J connectivity index is 2.97. The molecule has 0 fully saturated rings. The van der Waals surface area contributed by atoms with Gasteiger partial charge in [0.15, 0.2) is 5.78 Å². The van der Waals surface area contributed by atoms with Crippen LogP contribution in [0.25, 0.3) is 0 Å². The molecule has 0 saturated carbocycles. The molecule has 0 amide bonds. The molecule has 0 radical (unpaired) electrons. The summed E-state index contributed by atoms with van der Waals surface area (Å²) in [5.74, 6) is 0.142. The number of thiophene rings is 1. The average Bonchev–Trinajstić information content (AvgIpc) is 2.31. The van der Waals surface area contributed by atoms with Gasteiger partial charge < -0.3 is 0 Å². The Morgan fingerprint density at radius 1 is 1.73 bits per heavy atom. The number of hydrogen-bond acceptors (Lipinski definition) is 2. The van der Waals surface area contributed by atoms with Crippen molar-refractivity contribution in [1.29, 1.82) is 0 Å². The van der Waals surface area contributed by atoms with Gasteiger partial charge in [-0.3, -0.25) is 4.79 Å². The standard InChI is InChI=1S/C7H6Br2OS/c1-4-2-6(5(10)3-8)11-7(4)9/h2H,3H2,1H3. The zero-order chi connectivity index (χ0) is 8.43. The van der Waals surface area contributed by atoms with Crippen LogP contribution < -0.4 is 0 Å². The van der Waals surface area contributed by atoms with Crippen molar-refractivity contribution >= 4 is 49.0 Å². The second kappa shape index (κ2) is 3.83. The minimum absolute atomic E-state index is 0.142. The van der Waals surface area contributed by atoms with E-state index in [0.717, 1.165) is 14.2 Å². The maximum absolute atomic E-state index is 11.1. The number of ketones is 1. The summed E-state index contributed by atoms with van der Waals surface area (Å²) < 4.78 is 1.04. The molecule has 0 atom stereocenters. The summed E-state index contributed by atoms with van der Waals surface area (Å²) in [6, 6.07) is 1.90. The van der Waals surface area contributed by atoms with Gasteiger partial charge in [0, 0.05) is 0 Å². The van der Waals surface area contributed by atoms with Crippen LogP contribution in [-0.2, 0) is 0 Å². The van der Waals surface area contributed by atoms with Crippen LogP contribution in [-0.4, -0.2) is 11.1 Å². The maximum Gasteiger partial charge on any atom is 0.183 e. The summed E-state index contributed by atoms with van der Waals surface area (Å²) in [7, 11) is 0. The number of halogens is 2. The molecular weight excluding hydrogens is 292 g/mol. The van der Waals surface area contributed by atoms with Gasteiger partial charge in [-0.05, 0) is 34.5 Å². The van der Waals surface area contributed by atoms with Crippen molar-refractivity contribution in [2.45, 2.75) is 6.92 Å². The summed E-state index contributed by atoms with van der Waals surface area (Å²) >= 11 is 7.98. The van der Waals surface area contributed by atoms with E-state index >= 15 is 0 Å². The van der Waals surface area contributed by atoms with Crippen molar-refractivity contribution in [1.82, 2.24) is 0 Å². The van der Waals surface area contributed by atoms with Gasteiger partial charge in [-0.2, -0.15) is 0 Å². The highest BCUT2D eigenvalue weighted by Gasteiger charge is 2.08. The van der Waals surface area contributed by atoms with Crippen LogP contribution in [0, 0.1) is 6.92 Å². The molecule has 1 nitrogen and oxygen atoms in total. The molecular formula is C7H6Br2OS. The fraction of sp³-hybridized carbons (Fsp3) is 0.286. The molecule has 0 unspecified atom stereocenters. The first-order valence-corrected chi connectivity index (χ1v) is 5.73. The first-order valence-electron chi connectivity index (χ1n) is 3.00. The Morgan fingerprint density at radius 3 is 2.73 bits per heavy atom. The first kappa shape index (κ1) is 9.42. The van der Waals surface area contributed by atoms with E-state index in [-0.39, 0.29) is 5.78 Å². The Bertz CT molecular complexity index is 260. The quantitative estimate of drug-likeness (QED) is 0.604. The fourth-order valence-corrected chi connectivity index (χ4v) is 2.62. The molecule has 11 heavy (non-hydrogen) atoms. The van der Waals surface area contributed by atoms with Gasteiger partial charge >= 0.3 is 0 Å². The third-order valence-corrected chi connectivity index (χ3v) is 3.94. The molecule has 0 aliphatic heterocycles. The van der Waals surface area contributed by atoms with Crippen LogP contribution in [0.4, 0.5) is 0 Å². The van der Waals surface area contributed by atoms with Crippen molar-refractivity contribution in [3.63, 3.8) is 0 Å². The van der Waals surface area contributed by atoms with Gasteiger partial charge in [-0.1, -0.05) is 15.9 Å². The van der Waals surface area contributed by atoms with E-state index in [2.05, 4.69) is 31.9 Å². The van der Waals surface area contributed by atoms with E-state index in [4.69, 9.17) is 0 Å². The van der Waals surface area contributed by atoms with Crippen molar-refractivity contribution in [2.75, 3.05) is 5.33 Å². The lowest BCUT2D eigenvalue weighted by Gasteiger charge is -1.85. The summed E-state index contributed by atoms with van der Waals surface area (Å²) in [6.07, 6.45) is 0. The first-order chi connectivity index (χ1) is 5.15. The zero-order valence-corrected chi connectivity index (χ0v) is 9.85. The van der Waals surface area contributed by atoms with Crippen molar-refractivity contribution in [2.24, 2.45) is 0 Å². The van der Waals surface area contributed by atoms with E-state index in [1.54, 1.807) is 0 Å². The predicted molar refractivity (Wildman–Crippen MR) is 54.9 cm³/mol. The summed E-state index contributed by atoms with van der Waals surface area (Å²) in [6.45, 7) is 1.98. The number of rotatable bonds is 2. The third-order valence-electron chi connectivity index (χ3n) is 1.25. The van der Waals surface area contributed by atoms with Crippen LogP contribution in [0.5, 0.6) is 0 Å². The molecule has 60 valence electrons. The molecule has 0 aliphatic rings. The number of carbonyl (C=O) groups is 1. The molecule has 0 saturated heterocycles. The van der Waals surface area contributed by atoms with Crippen molar-refractivity contribution in [3.05, 3.63) is 20.3 Å². The Morgan fingerprint density at radius 2 is 2.36 bits per heavy atom. The summed E-state index contributed by atoms with van der Waals surface area (Å²) in [4.78, 5) is 11.9. The lowest BCUT2D eigenvalue weighted by atomic mass is 10.3. The SMILES string of the molecule is Cc1cc(C(=O)CBr)sc1Br. The van der Waals surface area contributed by atoms with Crippen molar-refractivity contribution in [3.8, 4) is 0 Å². The number of aryl methyl sites for hydroxylation is 1. The van der Waals surface area contributed by atoms with Gasteiger partial charge in [-0.25, -0.2) is 0 Å². The van der Waals surface area contributed by atoms with Gasteiger partial charge in [-0.15, -0.1) is 11.3 Å². The molecule has 0 N–H and O–H groups in total. The lowest BCUT2D eigenvalue weighted by Crippen LogP contribution is -1.94. The van der Waals surface area contributed by atoms with Crippen LogP contribution >= 0.6 is 43.2 Å². The van der Waals surface area contributed by atoms with Crippen LogP contribution in [0.2, 0.25) is 0 Å². The van der Waals surface area contributed by atoms with Crippen LogP contribution in [0.3, 0.4) is 0 Å². The molecule has 0 aromatic carbocycles. The molecule has 1 aromatic heterocycles. The number of hydrogen-bond donors (Lipinski definition) is 0. The molecule has 1 rings (SSSR count). The fourth-order valence-electron chi connectivity index (χ4n) is 0.663. The lowest BCUT2D eigenvalue weighted by molar-refractivity contribution is 0.102. The minimum atomic E-state index is 0.142. The molecule has 1 aromatic rings. The second-order valence-corrected chi connectivity index (χ2v) is 5.06. The van der Waals surface area contributed by atoms with Gasteiger partial charge in [0.1, 0.15) is 0 Å². The number of carbonyl (C=O) groups excluding carboxylic acids is 1.